The number of hydrogen-bond acceptors (Lipinski definition) is 3. The maximum absolute atomic E-state index is 5.18. The number of aliphatic imine (C=N–C) groups is 1. The van der Waals surface area contributed by atoms with Crippen molar-refractivity contribution in [2.45, 2.75) is 26.9 Å². The summed E-state index contributed by atoms with van der Waals surface area (Å²) in [5.74, 6) is 1.67. The van der Waals surface area contributed by atoms with Crippen LogP contribution in [0.3, 0.4) is 0 Å². The van der Waals surface area contributed by atoms with Gasteiger partial charge in [-0.2, -0.15) is 0 Å². The summed E-state index contributed by atoms with van der Waals surface area (Å²) in [4.78, 5) is 6.42. The van der Waals surface area contributed by atoms with Gasteiger partial charge in [-0.05, 0) is 35.8 Å². The van der Waals surface area contributed by atoms with Gasteiger partial charge in [0.1, 0.15) is 5.76 Å². The van der Waals surface area contributed by atoms with Crippen molar-refractivity contribution in [3.63, 3.8) is 0 Å². The Morgan fingerprint density at radius 2 is 2.23 bits per heavy atom. The first kappa shape index (κ1) is 16.6. The van der Waals surface area contributed by atoms with Crippen LogP contribution in [0, 0.1) is 13.8 Å². The van der Waals surface area contributed by atoms with Crippen molar-refractivity contribution >= 4 is 21.9 Å². The number of aromatic nitrogens is 2. The Kier molecular flexibility index (Phi) is 5.28. The van der Waals surface area contributed by atoms with Gasteiger partial charge in [-0.25, -0.2) is 0 Å². The van der Waals surface area contributed by atoms with E-state index in [0.717, 1.165) is 34.0 Å². The van der Waals surface area contributed by atoms with Gasteiger partial charge in [0.05, 0.1) is 12.2 Å². The molecule has 0 aliphatic carbocycles. The highest BCUT2D eigenvalue weighted by atomic mass is 79.9. The first-order valence-corrected chi connectivity index (χ1v) is 7.86. The fourth-order valence-electron chi connectivity index (χ4n) is 2.35. The van der Waals surface area contributed by atoms with Crippen LogP contribution in [-0.2, 0) is 20.1 Å². The Hall–Kier alpha value is -1.76. The highest BCUT2D eigenvalue weighted by Gasteiger charge is 2.13. The molecule has 0 aromatic carbocycles. The number of halogens is 1. The number of rotatable bonds is 4. The van der Waals surface area contributed by atoms with E-state index in [0.29, 0.717) is 6.54 Å². The molecule has 120 valence electrons. The van der Waals surface area contributed by atoms with Crippen LogP contribution in [-0.4, -0.2) is 34.7 Å². The molecule has 22 heavy (non-hydrogen) atoms. The second-order valence-corrected chi connectivity index (χ2v) is 6.24. The van der Waals surface area contributed by atoms with Crippen molar-refractivity contribution in [3.05, 3.63) is 39.4 Å². The molecule has 0 atom stereocenters. The lowest BCUT2D eigenvalue weighted by atomic mass is 10.2. The molecular weight excluding hydrogens is 346 g/mol. The molecule has 0 unspecified atom stereocenters. The van der Waals surface area contributed by atoms with Crippen molar-refractivity contribution < 1.29 is 4.52 Å². The van der Waals surface area contributed by atoms with E-state index in [1.807, 2.05) is 34.1 Å². The monoisotopic (exact) mass is 367 g/mol. The summed E-state index contributed by atoms with van der Waals surface area (Å²) in [5, 5.41) is 7.32. The highest BCUT2D eigenvalue weighted by molar-refractivity contribution is 9.10. The molecule has 0 fully saturated rings. The average Bonchev–Trinajstić information content (AvgIpc) is 2.94. The molecule has 6 nitrogen and oxygen atoms in total. The molecule has 0 saturated carbocycles. The van der Waals surface area contributed by atoms with Gasteiger partial charge in [-0.3, -0.25) is 4.99 Å². The van der Waals surface area contributed by atoms with Crippen molar-refractivity contribution in [1.82, 2.24) is 19.9 Å². The summed E-state index contributed by atoms with van der Waals surface area (Å²) in [6, 6.07) is 2.11. The molecule has 7 heteroatoms. The molecule has 2 heterocycles. The molecule has 0 bridgehead atoms. The molecule has 2 aromatic heterocycles. The minimum atomic E-state index is 0.648. The zero-order valence-corrected chi connectivity index (χ0v) is 15.2. The third-order valence-electron chi connectivity index (χ3n) is 3.65. The lowest BCUT2D eigenvalue weighted by Gasteiger charge is -2.22. The van der Waals surface area contributed by atoms with E-state index in [1.54, 1.807) is 7.05 Å². The van der Waals surface area contributed by atoms with Crippen molar-refractivity contribution in [1.29, 1.82) is 0 Å². The lowest BCUT2D eigenvalue weighted by molar-refractivity contribution is 0.392. The summed E-state index contributed by atoms with van der Waals surface area (Å²) >= 11 is 3.50. The first-order chi connectivity index (χ1) is 10.4. The van der Waals surface area contributed by atoms with Crippen molar-refractivity contribution in [3.8, 4) is 0 Å². The fraction of sp³-hybridized carbons (Fsp3) is 0.467. The molecule has 0 radical (unpaired) electrons. The standard InChI is InChI=1S/C15H22BrN5O/c1-10-14(11(2)22-19-10)7-18-15(17-3)21(5)9-13-6-12(16)8-20(13)4/h6,8H,7,9H2,1-5H3,(H,17,18). The van der Waals surface area contributed by atoms with Crippen LogP contribution in [0.15, 0.2) is 26.3 Å². The van der Waals surface area contributed by atoms with E-state index in [9.17, 15) is 0 Å². The Balaban J connectivity index is 2.01. The molecule has 0 aliphatic rings. The smallest absolute Gasteiger partial charge is 0.194 e. The summed E-state index contributed by atoms with van der Waals surface area (Å²) in [7, 11) is 5.84. The molecule has 0 amide bonds. The largest absolute Gasteiger partial charge is 0.361 e. The molecule has 2 aromatic rings. The zero-order chi connectivity index (χ0) is 16.3. The van der Waals surface area contributed by atoms with Gasteiger partial charge in [0, 0.05) is 49.6 Å². The van der Waals surface area contributed by atoms with Gasteiger partial charge in [-0.1, -0.05) is 5.16 Å². The van der Waals surface area contributed by atoms with Crippen LogP contribution in [0.2, 0.25) is 0 Å². The summed E-state index contributed by atoms with van der Waals surface area (Å²) in [6.45, 7) is 5.28. The second kappa shape index (κ2) is 7.00. The van der Waals surface area contributed by atoms with Gasteiger partial charge in [0.2, 0.25) is 0 Å². The molecule has 0 aliphatic heterocycles. The highest BCUT2D eigenvalue weighted by Crippen LogP contribution is 2.15. The molecule has 2 rings (SSSR count). The maximum Gasteiger partial charge on any atom is 0.194 e. The van der Waals surface area contributed by atoms with Crippen molar-refractivity contribution in [2.75, 3.05) is 14.1 Å². The van der Waals surface area contributed by atoms with E-state index in [1.165, 1.54) is 5.69 Å². The fourth-order valence-corrected chi connectivity index (χ4v) is 2.92. The number of hydrogen-bond donors (Lipinski definition) is 1. The van der Waals surface area contributed by atoms with Crippen LogP contribution in [0.25, 0.3) is 0 Å². The number of aryl methyl sites for hydroxylation is 3. The van der Waals surface area contributed by atoms with Gasteiger partial charge in [0.15, 0.2) is 5.96 Å². The van der Waals surface area contributed by atoms with Crippen LogP contribution < -0.4 is 5.32 Å². The Labute approximate surface area is 139 Å². The number of nitrogens with one attached hydrogen (secondary N) is 1. The van der Waals surface area contributed by atoms with Gasteiger partial charge >= 0.3 is 0 Å². The predicted molar refractivity (Wildman–Crippen MR) is 90.8 cm³/mol. The van der Waals surface area contributed by atoms with E-state index < -0.39 is 0 Å². The normalized spacial score (nSPS) is 11.8. The molecular formula is C15H22BrN5O. The number of nitrogens with zero attached hydrogens (tertiary/aromatic N) is 4. The SMILES string of the molecule is CN=C(NCc1c(C)noc1C)N(C)Cc1cc(Br)cn1C. The molecule has 1 N–H and O–H groups in total. The van der Waals surface area contributed by atoms with Crippen molar-refractivity contribution in [2.24, 2.45) is 12.0 Å². The quantitative estimate of drug-likeness (QED) is 0.666. The third kappa shape index (κ3) is 3.71. The van der Waals surface area contributed by atoms with Crippen LogP contribution in [0.5, 0.6) is 0 Å². The van der Waals surface area contributed by atoms with E-state index >= 15 is 0 Å². The average molecular weight is 368 g/mol. The Morgan fingerprint density at radius 3 is 2.73 bits per heavy atom. The van der Waals surface area contributed by atoms with Crippen LogP contribution >= 0.6 is 15.9 Å². The first-order valence-electron chi connectivity index (χ1n) is 7.06. The Morgan fingerprint density at radius 1 is 1.50 bits per heavy atom. The predicted octanol–water partition coefficient (Wildman–Crippen LogP) is 2.60. The second-order valence-electron chi connectivity index (χ2n) is 5.32. The van der Waals surface area contributed by atoms with Gasteiger partial charge < -0.3 is 19.3 Å². The topological polar surface area (TPSA) is 58.6 Å². The zero-order valence-electron chi connectivity index (χ0n) is 13.6. The number of guanidine groups is 1. The summed E-state index contributed by atoms with van der Waals surface area (Å²) in [6.07, 6.45) is 2.04. The molecule has 0 spiro atoms. The van der Waals surface area contributed by atoms with E-state index in [4.69, 9.17) is 4.52 Å². The third-order valence-corrected chi connectivity index (χ3v) is 4.09. The minimum Gasteiger partial charge on any atom is -0.361 e. The minimum absolute atomic E-state index is 0.648. The van der Waals surface area contributed by atoms with Crippen LogP contribution in [0.4, 0.5) is 0 Å². The van der Waals surface area contributed by atoms with Gasteiger partial charge in [-0.15, -0.1) is 0 Å². The summed E-state index contributed by atoms with van der Waals surface area (Å²) in [5.41, 5.74) is 3.19. The van der Waals surface area contributed by atoms with E-state index in [2.05, 4.69) is 46.9 Å². The maximum atomic E-state index is 5.18. The van der Waals surface area contributed by atoms with E-state index in [-0.39, 0.29) is 0 Å². The van der Waals surface area contributed by atoms with Crippen LogP contribution in [0.1, 0.15) is 22.7 Å². The summed E-state index contributed by atoms with van der Waals surface area (Å²) < 4.78 is 8.36. The lowest BCUT2D eigenvalue weighted by Crippen LogP contribution is -2.38. The molecule has 0 saturated heterocycles. The Bertz CT molecular complexity index is 654. The van der Waals surface area contributed by atoms with Gasteiger partial charge in [0.25, 0.3) is 0 Å².